The zero-order valence-electron chi connectivity index (χ0n) is 13.7. The number of carboxylic acids is 1. The van der Waals surface area contributed by atoms with E-state index in [1.165, 1.54) is 7.11 Å². The molecule has 1 N–H and O–H groups in total. The van der Waals surface area contributed by atoms with Crippen LogP contribution in [-0.2, 0) is 14.3 Å². The summed E-state index contributed by atoms with van der Waals surface area (Å²) in [6, 6.07) is 19.0. The third kappa shape index (κ3) is 4.10. The summed E-state index contributed by atoms with van der Waals surface area (Å²) in [7, 11) is 1.26. The fraction of sp³-hybridized carbons (Fsp3) is 0.200. The van der Waals surface area contributed by atoms with E-state index in [0.717, 1.165) is 11.1 Å². The van der Waals surface area contributed by atoms with E-state index in [4.69, 9.17) is 4.74 Å². The largest absolute Gasteiger partial charge is 0.481 e. The van der Waals surface area contributed by atoms with Gasteiger partial charge in [0.25, 0.3) is 0 Å². The van der Waals surface area contributed by atoms with Crippen molar-refractivity contribution in [3.05, 3.63) is 77.4 Å². The molecule has 0 bridgehead atoms. The molecule has 0 aliphatic rings. The van der Waals surface area contributed by atoms with Crippen LogP contribution in [0.4, 0.5) is 0 Å². The Morgan fingerprint density at radius 3 is 2.04 bits per heavy atom. The Hall–Kier alpha value is -2.88. The Morgan fingerprint density at radius 2 is 1.54 bits per heavy atom. The van der Waals surface area contributed by atoms with Crippen LogP contribution in [-0.4, -0.2) is 24.2 Å². The van der Waals surface area contributed by atoms with Gasteiger partial charge in [-0.25, -0.2) is 4.79 Å². The van der Waals surface area contributed by atoms with Gasteiger partial charge < -0.3 is 9.84 Å². The van der Waals surface area contributed by atoms with Crippen LogP contribution in [0.15, 0.2) is 66.2 Å². The number of carbonyl (C=O) groups excluding carboxylic acids is 1. The van der Waals surface area contributed by atoms with Gasteiger partial charge in [-0.05, 0) is 16.7 Å². The number of ether oxygens (including phenoxy) is 1. The normalized spacial score (nSPS) is 12.9. The van der Waals surface area contributed by atoms with Crippen LogP contribution in [0.25, 0.3) is 5.57 Å². The monoisotopic (exact) mass is 324 g/mol. The van der Waals surface area contributed by atoms with Crippen molar-refractivity contribution in [2.75, 3.05) is 7.11 Å². The number of hydrogen-bond acceptors (Lipinski definition) is 3. The fourth-order valence-corrected chi connectivity index (χ4v) is 2.76. The van der Waals surface area contributed by atoms with Crippen LogP contribution in [0.5, 0.6) is 0 Å². The lowest BCUT2D eigenvalue weighted by molar-refractivity contribution is -0.141. The number of carbonyl (C=O) groups is 2. The van der Waals surface area contributed by atoms with Gasteiger partial charge in [0.1, 0.15) is 0 Å². The van der Waals surface area contributed by atoms with E-state index >= 15 is 0 Å². The molecule has 0 saturated heterocycles. The molecule has 0 spiro atoms. The molecule has 2 aromatic rings. The summed E-state index contributed by atoms with van der Waals surface area (Å²) in [5.74, 6) is -1.83. The predicted octanol–water partition coefficient (Wildman–Crippen LogP) is 3.89. The highest BCUT2D eigenvalue weighted by molar-refractivity contribution is 6.02. The summed E-state index contributed by atoms with van der Waals surface area (Å²) in [5, 5.41) is 9.23. The van der Waals surface area contributed by atoms with Gasteiger partial charge in [0.2, 0.25) is 0 Å². The van der Waals surface area contributed by atoms with E-state index in [9.17, 15) is 14.7 Å². The Kier molecular flexibility index (Phi) is 5.90. The summed E-state index contributed by atoms with van der Waals surface area (Å²) in [4.78, 5) is 23.5. The molecule has 0 aliphatic carbocycles. The van der Waals surface area contributed by atoms with E-state index in [1.54, 1.807) is 0 Å². The SMILES string of the molecule is COC(=O)/C(CC(=O)O)=C(/c1ccccc1)C(C)c1ccccc1. The third-order valence-electron chi connectivity index (χ3n) is 3.90. The maximum atomic E-state index is 12.3. The van der Waals surface area contributed by atoms with E-state index in [2.05, 4.69) is 0 Å². The summed E-state index contributed by atoms with van der Waals surface area (Å²) in [5.41, 5.74) is 2.67. The van der Waals surface area contributed by atoms with Crippen molar-refractivity contribution in [3.8, 4) is 0 Å². The molecule has 124 valence electrons. The Balaban J connectivity index is 2.66. The first-order valence-electron chi connectivity index (χ1n) is 7.68. The lowest BCUT2D eigenvalue weighted by Crippen LogP contribution is -2.14. The smallest absolute Gasteiger partial charge is 0.334 e. The Bertz CT molecular complexity index is 733. The van der Waals surface area contributed by atoms with Crippen molar-refractivity contribution in [1.82, 2.24) is 0 Å². The lowest BCUT2D eigenvalue weighted by atomic mass is 9.84. The van der Waals surface area contributed by atoms with Gasteiger partial charge in [-0.3, -0.25) is 4.79 Å². The number of allylic oxidation sites excluding steroid dienone is 1. The highest BCUT2D eigenvalue weighted by Crippen LogP contribution is 2.35. The average Bonchev–Trinajstić information content (AvgIpc) is 2.61. The second kappa shape index (κ2) is 8.11. The fourth-order valence-electron chi connectivity index (χ4n) is 2.76. The highest BCUT2D eigenvalue weighted by atomic mass is 16.5. The highest BCUT2D eigenvalue weighted by Gasteiger charge is 2.24. The zero-order chi connectivity index (χ0) is 17.5. The number of aliphatic carboxylic acids is 1. The first-order chi connectivity index (χ1) is 11.5. The van der Waals surface area contributed by atoms with Gasteiger partial charge >= 0.3 is 11.9 Å². The van der Waals surface area contributed by atoms with Gasteiger partial charge in [0.15, 0.2) is 0 Å². The molecule has 2 rings (SSSR count). The molecule has 0 saturated carbocycles. The molecule has 2 aromatic carbocycles. The molecular formula is C20H20O4. The minimum Gasteiger partial charge on any atom is -0.481 e. The summed E-state index contributed by atoms with van der Waals surface area (Å²) in [6.45, 7) is 1.96. The first kappa shape index (κ1) is 17.5. The molecule has 1 atom stereocenters. The second-order valence-corrected chi connectivity index (χ2v) is 5.45. The summed E-state index contributed by atoms with van der Waals surface area (Å²) < 4.78 is 4.84. The molecule has 0 radical (unpaired) electrons. The number of hydrogen-bond donors (Lipinski definition) is 1. The van der Waals surface area contributed by atoms with Crippen molar-refractivity contribution in [2.45, 2.75) is 19.3 Å². The van der Waals surface area contributed by atoms with Crippen molar-refractivity contribution in [3.63, 3.8) is 0 Å². The molecule has 0 amide bonds. The third-order valence-corrected chi connectivity index (χ3v) is 3.90. The maximum absolute atomic E-state index is 12.3. The zero-order valence-corrected chi connectivity index (χ0v) is 13.7. The van der Waals surface area contributed by atoms with Crippen LogP contribution >= 0.6 is 0 Å². The molecule has 0 heterocycles. The van der Waals surface area contributed by atoms with E-state index in [1.807, 2.05) is 67.6 Å². The van der Waals surface area contributed by atoms with Crippen LogP contribution in [0, 0.1) is 0 Å². The lowest BCUT2D eigenvalue weighted by Gasteiger charge is -2.20. The van der Waals surface area contributed by atoms with Crippen LogP contribution in [0.2, 0.25) is 0 Å². The number of carboxylic acid groups (broad SMARTS) is 1. The number of methoxy groups -OCH3 is 1. The van der Waals surface area contributed by atoms with Gasteiger partial charge in [-0.15, -0.1) is 0 Å². The summed E-state index contributed by atoms with van der Waals surface area (Å²) in [6.07, 6.45) is -0.381. The molecular weight excluding hydrogens is 304 g/mol. The topological polar surface area (TPSA) is 63.6 Å². The average molecular weight is 324 g/mol. The number of esters is 1. The van der Waals surface area contributed by atoms with Gasteiger partial charge in [-0.2, -0.15) is 0 Å². The molecule has 0 aromatic heterocycles. The predicted molar refractivity (Wildman–Crippen MR) is 92.5 cm³/mol. The van der Waals surface area contributed by atoms with Crippen LogP contribution < -0.4 is 0 Å². The van der Waals surface area contributed by atoms with Crippen LogP contribution in [0.1, 0.15) is 30.4 Å². The van der Waals surface area contributed by atoms with Crippen LogP contribution in [0.3, 0.4) is 0 Å². The van der Waals surface area contributed by atoms with E-state index < -0.39 is 11.9 Å². The minimum absolute atomic E-state index is 0.151. The Labute approximate surface area is 141 Å². The van der Waals surface area contributed by atoms with E-state index in [0.29, 0.717) is 5.57 Å². The minimum atomic E-state index is -1.07. The van der Waals surface area contributed by atoms with Crippen molar-refractivity contribution >= 4 is 17.5 Å². The standard InChI is InChI=1S/C20H20O4/c1-14(15-9-5-3-6-10-15)19(16-11-7-4-8-12-16)17(13-18(21)22)20(23)24-2/h3-12,14H,13H2,1-2H3,(H,21,22)/b19-17+. The molecule has 0 fully saturated rings. The van der Waals surface area contributed by atoms with Crippen molar-refractivity contribution in [1.29, 1.82) is 0 Å². The van der Waals surface area contributed by atoms with Gasteiger partial charge in [0, 0.05) is 5.92 Å². The van der Waals surface area contributed by atoms with Crippen molar-refractivity contribution < 1.29 is 19.4 Å². The number of rotatable bonds is 6. The molecule has 1 unspecified atom stereocenters. The van der Waals surface area contributed by atoms with E-state index in [-0.39, 0.29) is 17.9 Å². The molecule has 4 nitrogen and oxygen atoms in total. The van der Waals surface area contributed by atoms with Crippen molar-refractivity contribution in [2.24, 2.45) is 0 Å². The molecule has 4 heteroatoms. The molecule has 24 heavy (non-hydrogen) atoms. The maximum Gasteiger partial charge on any atom is 0.334 e. The molecule has 0 aliphatic heterocycles. The van der Waals surface area contributed by atoms with Gasteiger partial charge in [0.05, 0.1) is 19.1 Å². The Morgan fingerprint density at radius 1 is 1.00 bits per heavy atom. The summed E-state index contributed by atoms with van der Waals surface area (Å²) >= 11 is 0. The quantitative estimate of drug-likeness (QED) is 0.647. The van der Waals surface area contributed by atoms with Gasteiger partial charge in [-0.1, -0.05) is 67.6 Å². The second-order valence-electron chi connectivity index (χ2n) is 5.45. The first-order valence-corrected chi connectivity index (χ1v) is 7.68. The number of benzene rings is 2.